The minimum atomic E-state index is -1.09. The van der Waals surface area contributed by atoms with E-state index >= 15 is 0 Å². The van der Waals surface area contributed by atoms with Gasteiger partial charge in [-0.2, -0.15) is 5.10 Å². The number of nitrogens with one attached hydrogen (secondary N) is 1. The highest BCUT2D eigenvalue weighted by molar-refractivity contribution is 9.10. The fraction of sp³-hybridized carbons (Fsp3) is 0.320. The van der Waals surface area contributed by atoms with Crippen molar-refractivity contribution in [3.05, 3.63) is 69.8 Å². The zero-order valence-electron chi connectivity index (χ0n) is 19.4. The summed E-state index contributed by atoms with van der Waals surface area (Å²) in [6.07, 6.45) is 0. The number of halogens is 1. The van der Waals surface area contributed by atoms with Crippen LogP contribution in [0.5, 0.6) is 5.75 Å². The molecule has 3 rings (SSSR count). The third kappa shape index (κ3) is 6.01. The summed E-state index contributed by atoms with van der Waals surface area (Å²) in [5.74, 6) is -0.0388. The molecule has 33 heavy (non-hydrogen) atoms. The summed E-state index contributed by atoms with van der Waals surface area (Å²) in [6, 6.07) is 15.1. The molecule has 8 heteroatoms. The number of ether oxygens (including phenoxy) is 2. The average Bonchev–Trinajstić information content (AvgIpc) is 3.16. The lowest BCUT2D eigenvalue weighted by Crippen LogP contribution is -2.39. The Hall–Kier alpha value is -3.13. The van der Waals surface area contributed by atoms with Crippen LogP contribution in [0.15, 0.2) is 53.0 Å². The van der Waals surface area contributed by atoms with Gasteiger partial charge in [0.25, 0.3) is 5.91 Å². The Morgan fingerprint density at radius 3 is 2.45 bits per heavy atom. The zero-order chi connectivity index (χ0) is 24.2. The van der Waals surface area contributed by atoms with Crippen molar-refractivity contribution in [2.45, 2.75) is 39.8 Å². The molecule has 1 aromatic heterocycles. The van der Waals surface area contributed by atoms with Crippen LogP contribution in [0.25, 0.3) is 11.3 Å². The Kier molecular flexibility index (Phi) is 7.58. The standard InChI is InChI=1S/C25H28BrN3O4/c1-6-32-24(31)25(3,4)33-22-12-7-17(13-16(22)2)15-27-23(30)21-14-20(28-29(21)5)18-8-10-19(26)11-9-18/h7-14H,6,15H2,1-5H3,(H,27,30). The van der Waals surface area contributed by atoms with Gasteiger partial charge in [0.1, 0.15) is 11.4 Å². The van der Waals surface area contributed by atoms with E-state index in [2.05, 4.69) is 26.3 Å². The van der Waals surface area contributed by atoms with Gasteiger partial charge in [-0.3, -0.25) is 9.48 Å². The van der Waals surface area contributed by atoms with Gasteiger partial charge < -0.3 is 14.8 Å². The van der Waals surface area contributed by atoms with E-state index in [1.807, 2.05) is 43.3 Å². The molecule has 0 unspecified atom stereocenters. The molecule has 0 atom stereocenters. The Morgan fingerprint density at radius 1 is 1.12 bits per heavy atom. The molecule has 0 fully saturated rings. The Morgan fingerprint density at radius 2 is 1.82 bits per heavy atom. The van der Waals surface area contributed by atoms with Crippen molar-refractivity contribution in [3.8, 4) is 17.0 Å². The van der Waals surface area contributed by atoms with Crippen molar-refractivity contribution < 1.29 is 19.1 Å². The summed E-state index contributed by atoms with van der Waals surface area (Å²) in [4.78, 5) is 24.8. The van der Waals surface area contributed by atoms with Gasteiger partial charge in [0, 0.05) is 23.6 Å². The quantitative estimate of drug-likeness (QED) is 0.437. The van der Waals surface area contributed by atoms with Crippen molar-refractivity contribution in [2.24, 2.45) is 7.05 Å². The maximum absolute atomic E-state index is 12.8. The monoisotopic (exact) mass is 513 g/mol. The van der Waals surface area contributed by atoms with E-state index in [0.717, 1.165) is 26.9 Å². The van der Waals surface area contributed by atoms with E-state index in [4.69, 9.17) is 9.47 Å². The van der Waals surface area contributed by atoms with Gasteiger partial charge in [-0.15, -0.1) is 0 Å². The maximum Gasteiger partial charge on any atom is 0.349 e. The molecule has 0 aliphatic rings. The smallest absolute Gasteiger partial charge is 0.349 e. The van der Waals surface area contributed by atoms with Gasteiger partial charge in [-0.1, -0.05) is 40.2 Å². The van der Waals surface area contributed by atoms with Crippen LogP contribution >= 0.6 is 15.9 Å². The number of hydrogen-bond acceptors (Lipinski definition) is 5. The molecule has 0 saturated carbocycles. The van der Waals surface area contributed by atoms with Crippen molar-refractivity contribution in [3.63, 3.8) is 0 Å². The first-order valence-electron chi connectivity index (χ1n) is 10.6. The van der Waals surface area contributed by atoms with Gasteiger partial charge in [-0.05, 0) is 63.1 Å². The van der Waals surface area contributed by atoms with Crippen molar-refractivity contribution in [2.75, 3.05) is 6.61 Å². The topological polar surface area (TPSA) is 82.4 Å². The zero-order valence-corrected chi connectivity index (χ0v) is 21.0. The van der Waals surface area contributed by atoms with Gasteiger partial charge in [-0.25, -0.2) is 4.79 Å². The summed E-state index contributed by atoms with van der Waals surface area (Å²) < 4.78 is 13.5. The molecule has 0 radical (unpaired) electrons. The van der Waals surface area contributed by atoms with Crippen LogP contribution in [0.2, 0.25) is 0 Å². The molecular formula is C25H28BrN3O4. The third-order valence-corrected chi connectivity index (χ3v) is 5.61. The summed E-state index contributed by atoms with van der Waals surface area (Å²) in [6.45, 7) is 7.65. The molecule has 1 amide bonds. The second kappa shape index (κ2) is 10.2. The van der Waals surface area contributed by atoms with Gasteiger partial charge >= 0.3 is 5.97 Å². The molecule has 0 spiro atoms. The fourth-order valence-electron chi connectivity index (χ4n) is 3.27. The van der Waals surface area contributed by atoms with Crippen molar-refractivity contribution in [1.82, 2.24) is 15.1 Å². The number of aryl methyl sites for hydroxylation is 2. The number of amides is 1. The molecule has 2 aromatic carbocycles. The molecule has 3 aromatic rings. The summed E-state index contributed by atoms with van der Waals surface area (Å²) in [5, 5.41) is 7.40. The lowest BCUT2D eigenvalue weighted by Gasteiger charge is -2.25. The lowest BCUT2D eigenvalue weighted by molar-refractivity contribution is -0.158. The summed E-state index contributed by atoms with van der Waals surface area (Å²) in [7, 11) is 1.75. The van der Waals surface area contributed by atoms with E-state index in [0.29, 0.717) is 24.6 Å². The average molecular weight is 514 g/mol. The Balaban J connectivity index is 1.65. The summed E-state index contributed by atoms with van der Waals surface area (Å²) in [5.41, 5.74) is 2.82. The third-order valence-electron chi connectivity index (χ3n) is 5.08. The molecule has 1 N–H and O–H groups in total. The van der Waals surface area contributed by atoms with Crippen LogP contribution in [-0.2, 0) is 23.1 Å². The molecule has 174 valence electrons. The number of rotatable bonds is 8. The molecule has 7 nitrogen and oxygen atoms in total. The molecule has 0 bridgehead atoms. The number of aromatic nitrogens is 2. The molecular weight excluding hydrogens is 486 g/mol. The second-order valence-corrected chi connectivity index (χ2v) is 9.08. The minimum absolute atomic E-state index is 0.213. The van der Waals surface area contributed by atoms with Crippen LogP contribution in [0.1, 0.15) is 42.4 Å². The van der Waals surface area contributed by atoms with E-state index in [9.17, 15) is 9.59 Å². The van der Waals surface area contributed by atoms with Crippen molar-refractivity contribution >= 4 is 27.8 Å². The van der Waals surface area contributed by atoms with E-state index in [1.54, 1.807) is 44.6 Å². The first-order valence-corrected chi connectivity index (χ1v) is 11.4. The highest BCUT2D eigenvalue weighted by Gasteiger charge is 2.32. The van der Waals surface area contributed by atoms with Crippen molar-refractivity contribution in [1.29, 1.82) is 0 Å². The van der Waals surface area contributed by atoms with E-state index in [-0.39, 0.29) is 5.91 Å². The maximum atomic E-state index is 12.8. The fourth-order valence-corrected chi connectivity index (χ4v) is 3.54. The SMILES string of the molecule is CCOC(=O)C(C)(C)Oc1ccc(CNC(=O)c2cc(-c3ccc(Br)cc3)nn2C)cc1C. The number of hydrogen-bond donors (Lipinski definition) is 1. The predicted octanol–water partition coefficient (Wildman–Crippen LogP) is 4.81. The molecule has 1 heterocycles. The highest BCUT2D eigenvalue weighted by Crippen LogP contribution is 2.25. The first kappa shape index (κ1) is 24.5. The van der Waals surface area contributed by atoms with E-state index in [1.165, 1.54) is 0 Å². The van der Waals surface area contributed by atoms with Crippen LogP contribution in [0.3, 0.4) is 0 Å². The molecule has 0 aliphatic carbocycles. The number of esters is 1. The first-order chi connectivity index (χ1) is 15.6. The number of benzene rings is 2. The highest BCUT2D eigenvalue weighted by atomic mass is 79.9. The normalized spacial score (nSPS) is 11.2. The lowest BCUT2D eigenvalue weighted by atomic mass is 10.1. The van der Waals surface area contributed by atoms with Gasteiger partial charge in [0.2, 0.25) is 0 Å². The number of carbonyl (C=O) groups is 2. The van der Waals surface area contributed by atoms with Crippen LogP contribution in [-0.4, -0.2) is 33.9 Å². The minimum Gasteiger partial charge on any atom is -0.476 e. The van der Waals surface area contributed by atoms with Crippen LogP contribution < -0.4 is 10.1 Å². The van der Waals surface area contributed by atoms with Crippen LogP contribution in [0.4, 0.5) is 0 Å². The van der Waals surface area contributed by atoms with Gasteiger partial charge in [0.15, 0.2) is 5.60 Å². The Labute approximate surface area is 202 Å². The van der Waals surface area contributed by atoms with Crippen LogP contribution in [0, 0.1) is 6.92 Å². The second-order valence-electron chi connectivity index (χ2n) is 8.16. The predicted molar refractivity (Wildman–Crippen MR) is 130 cm³/mol. The van der Waals surface area contributed by atoms with Gasteiger partial charge in [0.05, 0.1) is 12.3 Å². The largest absolute Gasteiger partial charge is 0.476 e. The van der Waals surface area contributed by atoms with E-state index < -0.39 is 11.6 Å². The molecule has 0 aliphatic heterocycles. The number of nitrogens with zero attached hydrogens (tertiary/aromatic N) is 2. The number of carbonyl (C=O) groups excluding carboxylic acids is 2. The summed E-state index contributed by atoms with van der Waals surface area (Å²) >= 11 is 3.42. The Bertz CT molecular complexity index is 1150. The molecule has 0 saturated heterocycles.